The Hall–Kier alpha value is -2.36. The lowest BCUT2D eigenvalue weighted by Crippen LogP contribution is -2.39. The van der Waals surface area contributed by atoms with E-state index >= 15 is 0 Å². The quantitative estimate of drug-likeness (QED) is 0.882. The zero-order valence-electron chi connectivity index (χ0n) is 15.1. The Balaban J connectivity index is 1.73. The first-order valence-corrected chi connectivity index (χ1v) is 9.27. The van der Waals surface area contributed by atoms with Crippen LogP contribution in [0.2, 0.25) is 0 Å². The van der Waals surface area contributed by atoms with Gasteiger partial charge in [0.25, 0.3) is 5.91 Å². The van der Waals surface area contributed by atoms with E-state index < -0.39 is 0 Å². The minimum Gasteiger partial charge on any atom is -0.354 e. The first kappa shape index (κ1) is 17.5. The third-order valence-corrected chi connectivity index (χ3v) is 5.05. The van der Waals surface area contributed by atoms with Gasteiger partial charge in [-0.15, -0.1) is 0 Å². The molecule has 4 nitrogen and oxygen atoms in total. The van der Waals surface area contributed by atoms with Crippen molar-refractivity contribution in [2.45, 2.75) is 51.6 Å². The summed E-state index contributed by atoms with van der Waals surface area (Å²) in [6.45, 7) is 5.26. The fourth-order valence-electron chi connectivity index (χ4n) is 3.55. The Morgan fingerprint density at radius 3 is 2.84 bits per heavy atom. The van der Waals surface area contributed by atoms with Gasteiger partial charge in [0, 0.05) is 24.3 Å². The van der Waals surface area contributed by atoms with Crippen molar-refractivity contribution >= 4 is 11.7 Å². The van der Waals surface area contributed by atoms with Crippen molar-refractivity contribution in [2.24, 2.45) is 0 Å². The molecule has 0 aliphatic carbocycles. The molecule has 1 amide bonds. The lowest BCUT2D eigenvalue weighted by Gasteiger charge is -2.36. The number of benzene rings is 1. The maximum atomic E-state index is 12.7. The molecule has 1 aromatic carbocycles. The van der Waals surface area contributed by atoms with Crippen LogP contribution in [0.25, 0.3) is 0 Å². The molecule has 0 radical (unpaired) electrons. The van der Waals surface area contributed by atoms with E-state index in [2.05, 4.69) is 22.1 Å². The molecule has 1 saturated heterocycles. The molecule has 0 bridgehead atoms. The molecule has 2 heterocycles. The van der Waals surface area contributed by atoms with Crippen LogP contribution in [0.3, 0.4) is 0 Å². The second-order valence-corrected chi connectivity index (χ2v) is 6.76. The second-order valence-electron chi connectivity index (χ2n) is 6.76. The lowest BCUT2D eigenvalue weighted by atomic mass is 10.00. The molecular formula is C21H27N3O. The summed E-state index contributed by atoms with van der Waals surface area (Å²) in [7, 11) is 0. The second kappa shape index (κ2) is 8.15. The van der Waals surface area contributed by atoms with Gasteiger partial charge in [-0.05, 0) is 50.3 Å². The molecule has 2 unspecified atom stereocenters. The SMILES string of the molecule is CCC1CCCCN1c1cc(C(=O)NC(C)c2ccccc2)ccn1. The molecule has 132 valence electrons. The molecule has 4 heteroatoms. The zero-order chi connectivity index (χ0) is 17.6. The van der Waals surface area contributed by atoms with Gasteiger partial charge in [0.15, 0.2) is 0 Å². The van der Waals surface area contributed by atoms with E-state index in [0.29, 0.717) is 11.6 Å². The number of amides is 1. The topological polar surface area (TPSA) is 45.2 Å². The smallest absolute Gasteiger partial charge is 0.251 e. The number of nitrogens with one attached hydrogen (secondary N) is 1. The van der Waals surface area contributed by atoms with Crippen LogP contribution in [0.15, 0.2) is 48.7 Å². The van der Waals surface area contributed by atoms with Gasteiger partial charge in [-0.3, -0.25) is 4.79 Å². The number of anilines is 1. The van der Waals surface area contributed by atoms with Gasteiger partial charge in [-0.2, -0.15) is 0 Å². The molecule has 2 atom stereocenters. The standard InChI is InChI=1S/C21H27N3O/c1-3-19-11-7-8-14-24(19)20-15-18(12-13-22-20)21(25)23-16(2)17-9-5-4-6-10-17/h4-6,9-10,12-13,15-16,19H,3,7-8,11,14H2,1-2H3,(H,23,25). The van der Waals surface area contributed by atoms with Gasteiger partial charge in [-0.25, -0.2) is 4.98 Å². The summed E-state index contributed by atoms with van der Waals surface area (Å²) < 4.78 is 0. The van der Waals surface area contributed by atoms with Gasteiger partial charge < -0.3 is 10.2 Å². The van der Waals surface area contributed by atoms with Gasteiger partial charge in [-0.1, -0.05) is 37.3 Å². The third-order valence-electron chi connectivity index (χ3n) is 5.05. The van der Waals surface area contributed by atoms with E-state index in [1.807, 2.05) is 43.3 Å². The summed E-state index contributed by atoms with van der Waals surface area (Å²) in [5, 5.41) is 3.08. The zero-order valence-corrected chi connectivity index (χ0v) is 15.1. The fraction of sp³-hybridized carbons (Fsp3) is 0.429. The molecule has 2 aromatic rings. The van der Waals surface area contributed by atoms with Crippen molar-refractivity contribution in [3.05, 3.63) is 59.8 Å². The van der Waals surface area contributed by atoms with E-state index in [1.54, 1.807) is 12.3 Å². The molecule has 3 rings (SSSR count). The summed E-state index contributed by atoms with van der Waals surface area (Å²) in [5.74, 6) is 0.872. The van der Waals surface area contributed by atoms with Crippen LogP contribution in [0.1, 0.15) is 61.5 Å². The summed E-state index contributed by atoms with van der Waals surface area (Å²) in [6, 6.07) is 14.3. The highest BCUT2D eigenvalue weighted by molar-refractivity contribution is 5.95. The van der Waals surface area contributed by atoms with Crippen molar-refractivity contribution in [1.82, 2.24) is 10.3 Å². The average molecular weight is 337 g/mol. The summed E-state index contributed by atoms with van der Waals surface area (Å²) in [6.07, 6.45) is 6.55. The molecule has 25 heavy (non-hydrogen) atoms. The van der Waals surface area contributed by atoms with Crippen LogP contribution in [-0.2, 0) is 0 Å². The van der Waals surface area contributed by atoms with Crippen LogP contribution in [0.4, 0.5) is 5.82 Å². The van der Waals surface area contributed by atoms with Gasteiger partial charge in [0.1, 0.15) is 5.82 Å². The predicted octanol–water partition coefficient (Wildman–Crippen LogP) is 4.34. The Morgan fingerprint density at radius 1 is 1.28 bits per heavy atom. The first-order valence-electron chi connectivity index (χ1n) is 9.27. The number of nitrogens with zero attached hydrogens (tertiary/aromatic N) is 2. The Bertz CT molecular complexity index is 701. The molecule has 1 N–H and O–H groups in total. The van der Waals surface area contributed by atoms with Crippen LogP contribution in [-0.4, -0.2) is 23.5 Å². The highest BCUT2D eigenvalue weighted by Crippen LogP contribution is 2.25. The Labute approximate surface area is 150 Å². The number of carbonyl (C=O) groups is 1. The molecule has 1 fully saturated rings. The molecule has 0 spiro atoms. The number of pyridine rings is 1. The van der Waals surface area contributed by atoms with Gasteiger partial charge in [0.05, 0.1) is 6.04 Å². The first-order chi connectivity index (χ1) is 12.2. The van der Waals surface area contributed by atoms with E-state index in [1.165, 1.54) is 19.3 Å². The third kappa shape index (κ3) is 4.19. The molecular weight excluding hydrogens is 310 g/mol. The van der Waals surface area contributed by atoms with Crippen molar-refractivity contribution in [3.8, 4) is 0 Å². The lowest BCUT2D eigenvalue weighted by molar-refractivity contribution is 0.0940. The van der Waals surface area contributed by atoms with Crippen molar-refractivity contribution in [3.63, 3.8) is 0 Å². The van der Waals surface area contributed by atoms with Crippen LogP contribution >= 0.6 is 0 Å². The monoisotopic (exact) mass is 337 g/mol. The van der Waals surface area contributed by atoms with Gasteiger partial charge >= 0.3 is 0 Å². The number of hydrogen-bond donors (Lipinski definition) is 1. The Morgan fingerprint density at radius 2 is 2.08 bits per heavy atom. The highest BCUT2D eigenvalue weighted by Gasteiger charge is 2.22. The molecule has 1 aliphatic rings. The minimum absolute atomic E-state index is 0.0244. The number of piperidine rings is 1. The average Bonchev–Trinajstić information content (AvgIpc) is 2.68. The summed E-state index contributed by atoms with van der Waals surface area (Å²) in [4.78, 5) is 19.5. The number of rotatable bonds is 5. The normalized spacial score (nSPS) is 18.6. The highest BCUT2D eigenvalue weighted by atomic mass is 16.1. The van der Waals surface area contributed by atoms with E-state index in [0.717, 1.165) is 24.3 Å². The van der Waals surface area contributed by atoms with E-state index in [9.17, 15) is 4.79 Å². The number of carbonyl (C=O) groups excluding carboxylic acids is 1. The van der Waals surface area contributed by atoms with Crippen LogP contribution in [0, 0.1) is 0 Å². The van der Waals surface area contributed by atoms with Crippen LogP contribution in [0.5, 0.6) is 0 Å². The Kier molecular flexibility index (Phi) is 5.69. The number of aromatic nitrogens is 1. The van der Waals surface area contributed by atoms with Crippen LogP contribution < -0.4 is 10.2 Å². The maximum Gasteiger partial charge on any atom is 0.251 e. The molecule has 1 aliphatic heterocycles. The summed E-state index contributed by atoms with van der Waals surface area (Å²) >= 11 is 0. The molecule has 0 saturated carbocycles. The summed E-state index contributed by atoms with van der Waals surface area (Å²) in [5.41, 5.74) is 1.78. The van der Waals surface area contributed by atoms with E-state index in [4.69, 9.17) is 0 Å². The van der Waals surface area contributed by atoms with Gasteiger partial charge in [0.2, 0.25) is 0 Å². The predicted molar refractivity (Wildman–Crippen MR) is 102 cm³/mol. The molecule has 1 aromatic heterocycles. The van der Waals surface area contributed by atoms with Crippen molar-refractivity contribution in [2.75, 3.05) is 11.4 Å². The fourth-order valence-corrected chi connectivity index (χ4v) is 3.55. The minimum atomic E-state index is -0.0509. The largest absolute Gasteiger partial charge is 0.354 e. The van der Waals surface area contributed by atoms with Crippen molar-refractivity contribution < 1.29 is 4.79 Å². The van der Waals surface area contributed by atoms with Crippen molar-refractivity contribution in [1.29, 1.82) is 0 Å². The maximum absolute atomic E-state index is 12.7. The van der Waals surface area contributed by atoms with E-state index in [-0.39, 0.29) is 11.9 Å². The number of hydrogen-bond acceptors (Lipinski definition) is 3.